The van der Waals surface area contributed by atoms with E-state index < -0.39 is 5.41 Å². The number of piperidine rings is 1. The molecule has 0 atom stereocenters. The van der Waals surface area contributed by atoms with E-state index in [9.17, 15) is 9.18 Å². The second-order valence-electron chi connectivity index (χ2n) is 6.21. The summed E-state index contributed by atoms with van der Waals surface area (Å²) in [5, 5.41) is 0. The van der Waals surface area contributed by atoms with Crippen molar-refractivity contribution in [3.8, 4) is 0 Å². The smallest absolute Gasteiger partial charge is 0.237 e. The van der Waals surface area contributed by atoms with E-state index >= 15 is 0 Å². The van der Waals surface area contributed by atoms with Crippen LogP contribution in [-0.2, 0) is 10.2 Å². The van der Waals surface area contributed by atoms with E-state index in [0.29, 0.717) is 11.7 Å². The number of nitrogens with zero attached hydrogens (tertiary/aromatic N) is 2. The number of halogens is 1. The van der Waals surface area contributed by atoms with Crippen molar-refractivity contribution in [2.75, 3.05) is 25.0 Å². The van der Waals surface area contributed by atoms with Gasteiger partial charge in [0.1, 0.15) is 5.82 Å². The molecule has 0 bridgehead atoms. The van der Waals surface area contributed by atoms with Gasteiger partial charge in [0.05, 0.1) is 11.1 Å². The normalized spacial score (nSPS) is 21.9. The van der Waals surface area contributed by atoms with Gasteiger partial charge in [0.2, 0.25) is 5.91 Å². The summed E-state index contributed by atoms with van der Waals surface area (Å²) in [6.45, 7) is 6.14. The van der Waals surface area contributed by atoms with E-state index in [1.165, 1.54) is 11.0 Å². The van der Waals surface area contributed by atoms with Crippen LogP contribution in [0.2, 0.25) is 0 Å². The van der Waals surface area contributed by atoms with Crippen molar-refractivity contribution >= 4 is 11.6 Å². The van der Waals surface area contributed by atoms with E-state index in [2.05, 4.69) is 18.7 Å². The lowest BCUT2D eigenvalue weighted by Crippen LogP contribution is -2.49. The van der Waals surface area contributed by atoms with E-state index in [4.69, 9.17) is 0 Å². The zero-order valence-electron chi connectivity index (χ0n) is 12.3. The van der Waals surface area contributed by atoms with E-state index in [1.807, 2.05) is 6.07 Å². The van der Waals surface area contributed by atoms with Gasteiger partial charge in [0.25, 0.3) is 0 Å². The molecule has 2 aliphatic heterocycles. The monoisotopic (exact) mass is 276 g/mol. The van der Waals surface area contributed by atoms with Gasteiger partial charge in [0.15, 0.2) is 0 Å². The maximum absolute atomic E-state index is 14.1. The van der Waals surface area contributed by atoms with Crippen LogP contribution in [0.3, 0.4) is 0 Å². The minimum Gasteiger partial charge on any atom is -0.312 e. The summed E-state index contributed by atoms with van der Waals surface area (Å²) in [5.41, 5.74) is 0.862. The molecular formula is C16H21FN2O. The van der Waals surface area contributed by atoms with Gasteiger partial charge in [-0.3, -0.25) is 4.79 Å². The Labute approximate surface area is 119 Å². The molecule has 1 aromatic rings. The fourth-order valence-corrected chi connectivity index (χ4v) is 3.69. The number of likely N-dealkylation sites (tertiary alicyclic amines) is 1. The predicted octanol–water partition coefficient (Wildman–Crippen LogP) is 2.54. The van der Waals surface area contributed by atoms with E-state index in [-0.39, 0.29) is 11.7 Å². The first-order chi connectivity index (χ1) is 9.47. The Kier molecular flexibility index (Phi) is 3.09. The van der Waals surface area contributed by atoms with Crippen LogP contribution < -0.4 is 4.90 Å². The summed E-state index contributed by atoms with van der Waals surface area (Å²) < 4.78 is 14.1. The highest BCUT2D eigenvalue weighted by atomic mass is 19.1. The van der Waals surface area contributed by atoms with Crippen molar-refractivity contribution in [1.82, 2.24) is 4.90 Å². The van der Waals surface area contributed by atoms with Crippen molar-refractivity contribution in [3.05, 3.63) is 29.6 Å². The van der Waals surface area contributed by atoms with Gasteiger partial charge in [-0.1, -0.05) is 12.1 Å². The number of carbonyl (C=O) groups excluding carboxylic acids is 1. The van der Waals surface area contributed by atoms with Crippen molar-refractivity contribution in [3.63, 3.8) is 0 Å². The minimum absolute atomic E-state index is 0.0565. The maximum atomic E-state index is 14.1. The summed E-state index contributed by atoms with van der Waals surface area (Å²) in [5.74, 6) is -0.234. The summed E-state index contributed by atoms with van der Waals surface area (Å²) >= 11 is 0. The lowest BCUT2D eigenvalue weighted by Gasteiger charge is -2.40. The zero-order valence-corrected chi connectivity index (χ0v) is 12.3. The molecule has 0 aromatic heterocycles. The van der Waals surface area contributed by atoms with Crippen LogP contribution in [0.4, 0.5) is 10.1 Å². The Balaban J connectivity index is 2.00. The average Bonchev–Trinajstić information content (AvgIpc) is 2.64. The lowest BCUT2D eigenvalue weighted by atomic mass is 9.73. The van der Waals surface area contributed by atoms with Gasteiger partial charge < -0.3 is 9.80 Å². The Morgan fingerprint density at radius 1 is 1.25 bits per heavy atom. The second-order valence-corrected chi connectivity index (χ2v) is 6.21. The van der Waals surface area contributed by atoms with Crippen molar-refractivity contribution in [2.45, 2.75) is 38.1 Å². The SMILES string of the molecule is CC(C)N1CCC2(CC1)C(=O)N(C)c1c(F)cccc12. The number of benzene rings is 1. The Morgan fingerprint density at radius 3 is 2.50 bits per heavy atom. The first-order valence-corrected chi connectivity index (χ1v) is 7.28. The molecule has 0 unspecified atom stereocenters. The van der Waals surface area contributed by atoms with Gasteiger partial charge in [-0.05, 0) is 51.4 Å². The molecule has 1 spiro atoms. The van der Waals surface area contributed by atoms with Crippen molar-refractivity contribution in [1.29, 1.82) is 0 Å². The Hall–Kier alpha value is -1.42. The summed E-state index contributed by atoms with van der Waals surface area (Å²) in [7, 11) is 1.69. The largest absolute Gasteiger partial charge is 0.312 e. The van der Waals surface area contributed by atoms with Crippen LogP contribution in [0, 0.1) is 5.82 Å². The van der Waals surface area contributed by atoms with Crippen molar-refractivity contribution < 1.29 is 9.18 Å². The number of likely N-dealkylation sites (N-methyl/N-ethyl adjacent to an activating group) is 1. The van der Waals surface area contributed by atoms with Crippen LogP contribution in [0.25, 0.3) is 0 Å². The number of hydrogen-bond donors (Lipinski definition) is 0. The van der Waals surface area contributed by atoms with Crippen LogP contribution in [0.1, 0.15) is 32.3 Å². The molecule has 0 radical (unpaired) electrons. The number of rotatable bonds is 1. The van der Waals surface area contributed by atoms with Crippen LogP contribution in [-0.4, -0.2) is 37.0 Å². The number of carbonyl (C=O) groups is 1. The number of para-hydroxylation sites is 1. The third-order valence-electron chi connectivity index (χ3n) is 4.93. The number of anilines is 1. The molecule has 3 rings (SSSR count). The first-order valence-electron chi connectivity index (χ1n) is 7.28. The molecule has 1 saturated heterocycles. The molecular weight excluding hydrogens is 255 g/mol. The number of hydrogen-bond acceptors (Lipinski definition) is 2. The third kappa shape index (κ3) is 1.71. The molecule has 0 aliphatic carbocycles. The van der Waals surface area contributed by atoms with E-state index in [0.717, 1.165) is 31.5 Å². The fraction of sp³-hybridized carbons (Fsp3) is 0.562. The quantitative estimate of drug-likeness (QED) is 0.787. The topological polar surface area (TPSA) is 23.6 Å². The van der Waals surface area contributed by atoms with Crippen LogP contribution in [0.15, 0.2) is 18.2 Å². The van der Waals surface area contributed by atoms with E-state index in [1.54, 1.807) is 13.1 Å². The Bertz CT molecular complexity index is 547. The Morgan fingerprint density at radius 2 is 1.90 bits per heavy atom. The molecule has 2 heterocycles. The first kappa shape index (κ1) is 13.6. The molecule has 2 aliphatic rings. The minimum atomic E-state index is -0.502. The lowest BCUT2D eigenvalue weighted by molar-refractivity contribution is -0.124. The average molecular weight is 276 g/mol. The third-order valence-corrected chi connectivity index (χ3v) is 4.93. The van der Waals surface area contributed by atoms with Crippen LogP contribution >= 0.6 is 0 Å². The number of amides is 1. The second kappa shape index (κ2) is 4.55. The highest BCUT2D eigenvalue weighted by Crippen LogP contribution is 2.48. The number of fused-ring (bicyclic) bond motifs is 2. The van der Waals surface area contributed by atoms with Crippen molar-refractivity contribution in [2.24, 2.45) is 0 Å². The van der Waals surface area contributed by atoms with Gasteiger partial charge in [0, 0.05) is 13.1 Å². The van der Waals surface area contributed by atoms with Crippen LogP contribution in [0.5, 0.6) is 0 Å². The molecule has 108 valence electrons. The summed E-state index contributed by atoms with van der Waals surface area (Å²) in [6, 6.07) is 5.57. The zero-order chi connectivity index (χ0) is 14.5. The molecule has 0 saturated carbocycles. The fourth-order valence-electron chi connectivity index (χ4n) is 3.69. The predicted molar refractivity (Wildman–Crippen MR) is 77.4 cm³/mol. The van der Waals surface area contributed by atoms with Gasteiger partial charge >= 0.3 is 0 Å². The van der Waals surface area contributed by atoms with Gasteiger partial charge in [-0.2, -0.15) is 0 Å². The highest BCUT2D eigenvalue weighted by molar-refractivity contribution is 6.08. The van der Waals surface area contributed by atoms with Gasteiger partial charge in [-0.15, -0.1) is 0 Å². The molecule has 3 nitrogen and oxygen atoms in total. The molecule has 1 aromatic carbocycles. The van der Waals surface area contributed by atoms with Gasteiger partial charge in [-0.25, -0.2) is 4.39 Å². The highest BCUT2D eigenvalue weighted by Gasteiger charge is 2.51. The standard InChI is InChI=1S/C16H21FN2O/c1-11(2)19-9-7-16(8-10-19)12-5-4-6-13(17)14(12)18(3)15(16)20/h4-6,11H,7-10H2,1-3H3. The summed E-state index contributed by atoms with van der Waals surface area (Å²) in [6.07, 6.45) is 1.57. The molecule has 4 heteroatoms. The molecule has 1 amide bonds. The molecule has 1 fully saturated rings. The maximum Gasteiger partial charge on any atom is 0.237 e. The molecule has 0 N–H and O–H groups in total. The summed E-state index contributed by atoms with van der Waals surface area (Å²) in [4.78, 5) is 16.6. The molecule has 20 heavy (non-hydrogen) atoms.